The van der Waals surface area contributed by atoms with Gasteiger partial charge in [-0.25, -0.2) is 0 Å². The van der Waals surface area contributed by atoms with Crippen LogP contribution in [0, 0.1) is 0 Å². The zero-order chi connectivity index (χ0) is 20.8. The van der Waals surface area contributed by atoms with Crippen molar-refractivity contribution < 1.29 is 19.4 Å². The molecule has 1 aliphatic rings. The molecule has 3 rings (SSSR count). The van der Waals surface area contributed by atoms with Crippen LogP contribution >= 0.6 is 24.0 Å². The van der Waals surface area contributed by atoms with Gasteiger partial charge < -0.3 is 15.2 Å². The number of thioether (sulfide) groups is 1. The van der Waals surface area contributed by atoms with Gasteiger partial charge in [0.15, 0.2) is 0 Å². The Morgan fingerprint density at radius 2 is 1.97 bits per heavy atom. The molecule has 2 amide bonds. The summed E-state index contributed by atoms with van der Waals surface area (Å²) in [5.74, 6) is 0.288. The Morgan fingerprint density at radius 1 is 1.24 bits per heavy atom. The lowest BCUT2D eigenvalue weighted by molar-refractivity contribution is -0.128. The number of para-hydroxylation sites is 1. The van der Waals surface area contributed by atoms with Crippen molar-refractivity contribution in [1.29, 1.82) is 0 Å². The van der Waals surface area contributed by atoms with E-state index in [2.05, 4.69) is 5.32 Å². The van der Waals surface area contributed by atoms with E-state index in [-0.39, 0.29) is 24.1 Å². The monoisotopic (exact) mass is 428 g/mol. The molecule has 150 valence electrons. The molecular formula is C21H20N2O4S2. The summed E-state index contributed by atoms with van der Waals surface area (Å²) >= 11 is 6.45. The lowest BCUT2D eigenvalue weighted by Crippen LogP contribution is -2.40. The summed E-state index contributed by atoms with van der Waals surface area (Å²) in [5.41, 5.74) is 1.77. The van der Waals surface area contributed by atoms with Crippen molar-refractivity contribution in [2.45, 2.75) is 6.42 Å². The molecule has 2 N–H and O–H groups in total. The highest BCUT2D eigenvalue weighted by Crippen LogP contribution is 2.33. The van der Waals surface area contributed by atoms with Crippen LogP contribution < -0.4 is 10.1 Å². The fourth-order valence-electron chi connectivity index (χ4n) is 2.77. The smallest absolute Gasteiger partial charge is 0.266 e. The molecule has 2 aromatic carbocycles. The average Bonchev–Trinajstić information content (AvgIpc) is 2.97. The SMILES string of the molecule is COc1ccccc1/C=C1\SC(=S)N(CC(=O)NCCc2ccc(O)cc2)C1=O. The molecule has 1 saturated heterocycles. The van der Waals surface area contributed by atoms with Crippen molar-refractivity contribution in [2.75, 3.05) is 20.2 Å². The van der Waals surface area contributed by atoms with Crippen molar-refractivity contribution in [3.63, 3.8) is 0 Å². The third-order valence-electron chi connectivity index (χ3n) is 4.27. The fourth-order valence-corrected chi connectivity index (χ4v) is 4.02. The molecule has 6 nitrogen and oxygen atoms in total. The van der Waals surface area contributed by atoms with E-state index in [1.807, 2.05) is 24.3 Å². The molecule has 2 aromatic rings. The third kappa shape index (κ3) is 5.36. The van der Waals surface area contributed by atoms with Gasteiger partial charge in [0.25, 0.3) is 5.91 Å². The number of carbonyl (C=O) groups is 2. The quantitative estimate of drug-likeness (QED) is 0.522. The number of hydrogen-bond acceptors (Lipinski definition) is 6. The first kappa shape index (κ1) is 20.9. The maximum atomic E-state index is 12.7. The van der Waals surface area contributed by atoms with Crippen LogP contribution in [0.15, 0.2) is 53.4 Å². The lowest BCUT2D eigenvalue weighted by atomic mass is 10.1. The number of rotatable bonds is 7. The van der Waals surface area contributed by atoms with Gasteiger partial charge in [0.2, 0.25) is 5.91 Å². The molecule has 1 fully saturated rings. The number of phenolic OH excluding ortho intramolecular Hbond substituents is 1. The van der Waals surface area contributed by atoms with Crippen molar-refractivity contribution in [2.24, 2.45) is 0 Å². The van der Waals surface area contributed by atoms with Crippen LogP contribution in [0.5, 0.6) is 11.5 Å². The third-order valence-corrected chi connectivity index (χ3v) is 5.65. The molecule has 0 radical (unpaired) electrons. The van der Waals surface area contributed by atoms with Crippen molar-refractivity contribution in [3.05, 3.63) is 64.6 Å². The molecule has 0 bridgehead atoms. The van der Waals surface area contributed by atoms with E-state index in [0.717, 1.165) is 11.1 Å². The molecule has 0 atom stereocenters. The maximum Gasteiger partial charge on any atom is 0.266 e. The summed E-state index contributed by atoms with van der Waals surface area (Å²) in [5, 5.41) is 12.1. The number of carbonyl (C=O) groups excluding carboxylic acids is 2. The number of amides is 2. The summed E-state index contributed by atoms with van der Waals surface area (Å²) in [4.78, 5) is 26.7. The number of ether oxygens (including phenoxy) is 1. The van der Waals surface area contributed by atoms with Gasteiger partial charge in [-0.3, -0.25) is 14.5 Å². The summed E-state index contributed by atoms with van der Waals surface area (Å²) in [6.07, 6.45) is 2.35. The fraction of sp³-hybridized carbons (Fsp3) is 0.190. The van der Waals surface area contributed by atoms with E-state index >= 15 is 0 Å². The normalized spacial score (nSPS) is 15.1. The van der Waals surface area contributed by atoms with Gasteiger partial charge in [0.05, 0.1) is 12.0 Å². The van der Waals surface area contributed by atoms with Crippen LogP contribution in [0.1, 0.15) is 11.1 Å². The van der Waals surface area contributed by atoms with E-state index in [4.69, 9.17) is 17.0 Å². The molecule has 29 heavy (non-hydrogen) atoms. The van der Waals surface area contributed by atoms with E-state index in [9.17, 15) is 14.7 Å². The van der Waals surface area contributed by atoms with E-state index in [1.165, 1.54) is 16.7 Å². The Labute approximate surface area is 178 Å². The molecule has 0 spiro atoms. The van der Waals surface area contributed by atoms with Crippen LogP contribution in [0.3, 0.4) is 0 Å². The van der Waals surface area contributed by atoms with E-state index in [0.29, 0.717) is 27.9 Å². The number of nitrogens with one attached hydrogen (secondary N) is 1. The van der Waals surface area contributed by atoms with E-state index in [1.54, 1.807) is 37.5 Å². The van der Waals surface area contributed by atoms with Crippen molar-refractivity contribution >= 4 is 46.2 Å². The zero-order valence-corrected chi connectivity index (χ0v) is 17.4. The Kier molecular flexibility index (Phi) is 6.90. The number of aromatic hydroxyl groups is 1. The average molecular weight is 429 g/mol. The Bertz CT molecular complexity index is 957. The zero-order valence-electron chi connectivity index (χ0n) is 15.8. The second-order valence-corrected chi connectivity index (χ2v) is 7.95. The van der Waals surface area contributed by atoms with Gasteiger partial charge >= 0.3 is 0 Å². The molecule has 0 unspecified atom stereocenters. The number of nitrogens with zero attached hydrogens (tertiary/aromatic N) is 1. The predicted molar refractivity (Wildman–Crippen MR) is 118 cm³/mol. The van der Waals surface area contributed by atoms with Crippen molar-refractivity contribution in [1.82, 2.24) is 10.2 Å². The topological polar surface area (TPSA) is 78.9 Å². The number of methoxy groups -OCH3 is 1. The molecule has 8 heteroatoms. The van der Waals surface area contributed by atoms with Gasteiger partial charge in [0.1, 0.15) is 22.4 Å². The lowest BCUT2D eigenvalue weighted by Gasteiger charge is -2.14. The largest absolute Gasteiger partial charge is 0.508 e. The first-order valence-corrected chi connectivity index (χ1v) is 10.1. The summed E-state index contributed by atoms with van der Waals surface area (Å²) in [6, 6.07) is 14.2. The minimum absolute atomic E-state index is 0.122. The van der Waals surface area contributed by atoms with Crippen molar-refractivity contribution in [3.8, 4) is 11.5 Å². The summed E-state index contributed by atoms with van der Waals surface area (Å²) < 4.78 is 5.66. The van der Waals surface area contributed by atoms with Crippen LogP contribution in [0.2, 0.25) is 0 Å². The Morgan fingerprint density at radius 3 is 2.69 bits per heavy atom. The highest BCUT2D eigenvalue weighted by atomic mass is 32.2. The van der Waals surface area contributed by atoms with Crippen LogP contribution in [0.4, 0.5) is 0 Å². The summed E-state index contributed by atoms with van der Waals surface area (Å²) in [6.45, 7) is 0.305. The standard InChI is InChI=1S/C21H20N2O4S2/c1-27-17-5-3-2-4-15(17)12-18-20(26)23(21(28)29-18)13-19(25)22-11-10-14-6-8-16(24)9-7-14/h2-9,12,24H,10-11,13H2,1H3,(H,22,25)/b18-12-. The van der Waals surface area contributed by atoms with Crippen LogP contribution in [-0.2, 0) is 16.0 Å². The molecule has 0 aliphatic carbocycles. The number of thiocarbonyl (C=S) groups is 1. The number of benzene rings is 2. The molecule has 1 aliphatic heterocycles. The van der Waals surface area contributed by atoms with Gasteiger partial charge in [-0.05, 0) is 36.3 Å². The maximum absolute atomic E-state index is 12.7. The second kappa shape index (κ2) is 9.58. The highest BCUT2D eigenvalue weighted by Gasteiger charge is 2.33. The van der Waals surface area contributed by atoms with Gasteiger partial charge in [-0.1, -0.05) is 54.3 Å². The predicted octanol–water partition coefficient (Wildman–Crippen LogP) is 2.96. The first-order valence-electron chi connectivity index (χ1n) is 8.91. The Hall–Kier alpha value is -2.84. The molecule has 0 saturated carbocycles. The van der Waals surface area contributed by atoms with Gasteiger partial charge in [-0.15, -0.1) is 0 Å². The molecule has 1 heterocycles. The van der Waals surface area contributed by atoms with Gasteiger partial charge in [0, 0.05) is 12.1 Å². The number of hydrogen-bond donors (Lipinski definition) is 2. The van der Waals surface area contributed by atoms with Crippen LogP contribution in [-0.4, -0.2) is 46.3 Å². The minimum atomic E-state index is -0.292. The summed E-state index contributed by atoms with van der Waals surface area (Å²) in [7, 11) is 1.57. The van der Waals surface area contributed by atoms with E-state index < -0.39 is 0 Å². The van der Waals surface area contributed by atoms with Gasteiger partial charge in [-0.2, -0.15) is 0 Å². The Balaban J connectivity index is 1.57. The second-order valence-electron chi connectivity index (χ2n) is 6.28. The molecular weight excluding hydrogens is 408 g/mol. The van der Waals surface area contributed by atoms with Crippen LogP contribution in [0.25, 0.3) is 6.08 Å². The molecule has 0 aromatic heterocycles. The minimum Gasteiger partial charge on any atom is -0.508 e. The first-order chi connectivity index (χ1) is 14.0. The number of phenols is 1. The highest BCUT2D eigenvalue weighted by molar-refractivity contribution is 8.26.